The summed E-state index contributed by atoms with van der Waals surface area (Å²) in [7, 11) is 0. The highest BCUT2D eigenvalue weighted by molar-refractivity contribution is 5.98. The highest BCUT2D eigenvalue weighted by Gasteiger charge is 2.40. The van der Waals surface area contributed by atoms with Gasteiger partial charge in [-0.25, -0.2) is 4.79 Å². The monoisotopic (exact) mass is 1100 g/mol. The smallest absolute Gasteiger partial charge is 0.326 e. The van der Waals surface area contributed by atoms with Gasteiger partial charge in [-0.05, 0) is 122 Å². The third kappa shape index (κ3) is 24.8. The van der Waals surface area contributed by atoms with E-state index in [0.717, 1.165) is 0 Å². The molecule has 1 aromatic rings. The third-order valence-electron chi connectivity index (χ3n) is 12.8. The minimum Gasteiger partial charge on any atom is -0.481 e. The summed E-state index contributed by atoms with van der Waals surface area (Å²) >= 11 is 0. The van der Waals surface area contributed by atoms with Crippen LogP contribution in [0.15, 0.2) is 30.3 Å². The summed E-state index contributed by atoms with van der Waals surface area (Å²) in [5.74, 6) is -12.4. The molecule has 0 aromatic heterocycles. The van der Waals surface area contributed by atoms with Crippen LogP contribution < -0.4 is 60.2 Å². The lowest BCUT2D eigenvalue weighted by atomic mass is 10.0. The molecular weight excluding hydrogens is 1020 g/mol. The van der Waals surface area contributed by atoms with Crippen molar-refractivity contribution in [3.63, 3.8) is 0 Å². The normalized spacial score (nSPS) is 16.1. The molecule has 1 aliphatic heterocycles. The van der Waals surface area contributed by atoms with Crippen molar-refractivity contribution < 1.29 is 78.0 Å². The molecule has 1 aliphatic rings. The van der Waals surface area contributed by atoms with Crippen molar-refractivity contribution in [2.75, 3.05) is 26.2 Å². The summed E-state index contributed by atoms with van der Waals surface area (Å²) in [6.45, 7) is 2.09. The molecule has 1 heterocycles. The molecule has 8 amide bonds. The zero-order valence-corrected chi connectivity index (χ0v) is 44.1. The Morgan fingerprint density at radius 3 is 1.44 bits per heavy atom. The number of benzene rings is 1. The Morgan fingerprint density at radius 2 is 0.936 bits per heavy atom. The van der Waals surface area contributed by atoms with Crippen LogP contribution in [-0.2, 0) is 64.0 Å². The number of unbranched alkanes of at least 4 members (excludes halogenated alkanes) is 3. The van der Waals surface area contributed by atoms with Gasteiger partial charge >= 0.3 is 23.9 Å². The number of aliphatic carboxylic acids is 4. The summed E-state index contributed by atoms with van der Waals surface area (Å²) in [6.07, 6.45) is -0.195. The van der Waals surface area contributed by atoms with Crippen LogP contribution in [0.3, 0.4) is 0 Å². The number of rotatable bonds is 39. The standard InChI is InChI=1S/C50H80N12O16/c1-29(42(69)61-37(28-30-12-3-2-4-13-30)47(74)60-36(50(77)78)16-7-10-26-53)55-44(71)33(19-22-40(65)66)56-46(73)34(20-23-41(67)68)57-45(72)32(14-5-8-24-51)58-48(75)38-17-11-27-62(38)49(76)35(15-6-9-25-52)59-43(70)31(54)18-21-39(63)64/h2-4,12-13,29,31-38H,5-11,14-28,51-54H2,1H3,(H,55,71)(H,56,73)(H,57,72)(H,58,75)(H,59,70)(H,60,74)(H,61,69)(H,63,64)(H,65,66)(H,67,68)(H,77,78)/t29-,31-,32-,33-,34-,35-,36-,37-,38-/m0/s1. The van der Waals surface area contributed by atoms with E-state index in [9.17, 15) is 72.9 Å². The number of nitrogens with two attached hydrogens (primary N) is 4. The summed E-state index contributed by atoms with van der Waals surface area (Å²) < 4.78 is 0. The first kappa shape index (κ1) is 66.8. The molecule has 1 saturated heterocycles. The summed E-state index contributed by atoms with van der Waals surface area (Å²) in [6, 6.07) is -4.09. The zero-order valence-electron chi connectivity index (χ0n) is 44.1. The van der Waals surface area contributed by atoms with E-state index in [1.54, 1.807) is 30.3 Å². The number of carboxylic acid groups (broad SMARTS) is 4. The fourth-order valence-corrected chi connectivity index (χ4v) is 8.35. The molecule has 28 heteroatoms. The van der Waals surface area contributed by atoms with Crippen molar-refractivity contribution in [3.05, 3.63) is 35.9 Å². The minimum absolute atomic E-state index is 0.0513. The van der Waals surface area contributed by atoms with Gasteiger partial charge in [0.05, 0.1) is 6.04 Å². The van der Waals surface area contributed by atoms with Gasteiger partial charge in [0.15, 0.2) is 0 Å². The lowest BCUT2D eigenvalue weighted by molar-refractivity contribution is -0.142. The second-order valence-electron chi connectivity index (χ2n) is 19.1. The SMILES string of the molecule is C[C@H](NC(=O)[C@H](CCC(=O)O)NC(=O)[C@H](CCC(=O)O)NC(=O)[C@H](CCCCN)NC(=O)[C@@H]1CCCN1C(=O)[C@H](CCCCN)NC(=O)[C@@H](N)CCC(=O)O)C(=O)N[C@@H](Cc1ccccc1)C(=O)N[C@@H](CCCCN)C(=O)O. The largest absolute Gasteiger partial charge is 0.481 e. The van der Waals surface area contributed by atoms with Gasteiger partial charge in [0.2, 0.25) is 47.3 Å². The maximum absolute atomic E-state index is 14.1. The second-order valence-corrected chi connectivity index (χ2v) is 19.1. The summed E-state index contributed by atoms with van der Waals surface area (Å²) in [4.78, 5) is 158. The molecule has 28 nitrogen and oxygen atoms in total. The Labute approximate surface area is 452 Å². The van der Waals surface area contributed by atoms with Crippen molar-refractivity contribution in [2.24, 2.45) is 22.9 Å². The van der Waals surface area contributed by atoms with Crippen molar-refractivity contribution in [1.29, 1.82) is 0 Å². The van der Waals surface area contributed by atoms with Crippen LogP contribution in [0.1, 0.15) is 122 Å². The van der Waals surface area contributed by atoms with Crippen molar-refractivity contribution >= 4 is 71.1 Å². The Balaban J connectivity index is 2.36. The third-order valence-corrected chi connectivity index (χ3v) is 12.8. The van der Waals surface area contributed by atoms with E-state index in [2.05, 4.69) is 37.2 Å². The van der Waals surface area contributed by atoms with Crippen LogP contribution in [0.4, 0.5) is 0 Å². The number of carboxylic acids is 4. The molecule has 0 bridgehead atoms. The molecule has 0 radical (unpaired) electrons. The number of hydrogen-bond donors (Lipinski definition) is 15. The highest BCUT2D eigenvalue weighted by Crippen LogP contribution is 2.21. The van der Waals surface area contributed by atoms with Gasteiger partial charge in [0.25, 0.3) is 0 Å². The lowest BCUT2D eigenvalue weighted by Gasteiger charge is -2.30. The average Bonchev–Trinajstić information content (AvgIpc) is 3.90. The van der Waals surface area contributed by atoms with Crippen LogP contribution in [0.5, 0.6) is 0 Å². The van der Waals surface area contributed by atoms with Crippen molar-refractivity contribution in [3.8, 4) is 0 Å². The van der Waals surface area contributed by atoms with Gasteiger partial charge in [-0.15, -0.1) is 0 Å². The fraction of sp³-hybridized carbons (Fsp3) is 0.640. The van der Waals surface area contributed by atoms with Gasteiger partial charge < -0.3 is 85.5 Å². The molecule has 2 rings (SSSR count). The average molecular weight is 1110 g/mol. The van der Waals surface area contributed by atoms with E-state index in [1.165, 1.54) is 11.8 Å². The maximum atomic E-state index is 14.1. The van der Waals surface area contributed by atoms with E-state index in [0.29, 0.717) is 50.6 Å². The number of nitrogens with zero attached hydrogens (tertiary/aromatic N) is 1. The predicted octanol–water partition coefficient (Wildman–Crippen LogP) is -2.97. The number of carbonyl (C=O) groups excluding carboxylic acids is 8. The summed E-state index contributed by atoms with van der Waals surface area (Å²) in [5, 5.41) is 55.3. The van der Waals surface area contributed by atoms with Gasteiger partial charge in [0, 0.05) is 32.2 Å². The molecule has 0 spiro atoms. The molecule has 19 N–H and O–H groups in total. The fourth-order valence-electron chi connectivity index (χ4n) is 8.35. The molecule has 1 aromatic carbocycles. The first-order valence-electron chi connectivity index (χ1n) is 26.2. The van der Waals surface area contributed by atoms with E-state index in [1.807, 2.05) is 0 Å². The van der Waals surface area contributed by atoms with E-state index in [-0.39, 0.29) is 64.6 Å². The molecule has 78 heavy (non-hydrogen) atoms. The van der Waals surface area contributed by atoms with Gasteiger partial charge in [-0.3, -0.25) is 52.7 Å². The summed E-state index contributed by atoms with van der Waals surface area (Å²) in [5.41, 5.74) is 23.4. The predicted molar refractivity (Wildman–Crippen MR) is 279 cm³/mol. The number of amides is 8. The maximum Gasteiger partial charge on any atom is 0.326 e. The Morgan fingerprint density at radius 1 is 0.513 bits per heavy atom. The van der Waals surface area contributed by atoms with Crippen LogP contribution in [0.25, 0.3) is 0 Å². The number of hydrogen-bond acceptors (Lipinski definition) is 16. The lowest BCUT2D eigenvalue weighted by Crippen LogP contribution is -2.60. The van der Waals surface area contributed by atoms with Gasteiger partial charge in [0.1, 0.15) is 48.3 Å². The van der Waals surface area contributed by atoms with E-state index < -0.39 is 158 Å². The molecule has 0 aliphatic carbocycles. The quantitative estimate of drug-likeness (QED) is 0.0293. The van der Waals surface area contributed by atoms with E-state index in [4.69, 9.17) is 28.0 Å². The van der Waals surface area contributed by atoms with Gasteiger partial charge in [-0.1, -0.05) is 30.3 Å². The molecule has 436 valence electrons. The van der Waals surface area contributed by atoms with Crippen LogP contribution in [-0.4, -0.2) is 177 Å². The number of carbonyl (C=O) groups is 12. The Hall–Kier alpha value is -7.30. The molecular formula is C50H80N12O16. The zero-order chi connectivity index (χ0) is 58.3. The van der Waals surface area contributed by atoms with Crippen molar-refractivity contribution in [2.45, 2.75) is 177 Å². The Kier molecular flexibility index (Phi) is 30.8. The molecule has 9 atom stereocenters. The molecule has 1 fully saturated rings. The second kappa shape index (κ2) is 35.9. The first-order valence-corrected chi connectivity index (χ1v) is 26.2. The number of nitrogens with one attached hydrogen (secondary N) is 7. The van der Waals surface area contributed by atoms with Crippen LogP contribution >= 0.6 is 0 Å². The Bertz CT molecular complexity index is 2190. The van der Waals surface area contributed by atoms with Crippen LogP contribution in [0, 0.1) is 0 Å². The van der Waals surface area contributed by atoms with Crippen LogP contribution in [0.2, 0.25) is 0 Å². The van der Waals surface area contributed by atoms with Crippen molar-refractivity contribution in [1.82, 2.24) is 42.1 Å². The minimum atomic E-state index is -1.71. The highest BCUT2D eigenvalue weighted by atomic mass is 16.4. The first-order chi connectivity index (χ1) is 37.0. The van der Waals surface area contributed by atoms with E-state index >= 15 is 0 Å². The topological polar surface area (TPSA) is 477 Å². The molecule has 0 unspecified atom stereocenters. The molecule has 0 saturated carbocycles. The number of likely N-dealkylation sites (tertiary alicyclic amines) is 1. The van der Waals surface area contributed by atoms with Gasteiger partial charge in [-0.2, -0.15) is 0 Å².